The number of hydrogen-bond acceptors (Lipinski definition) is 4. The molecule has 29 heavy (non-hydrogen) atoms. The van der Waals surface area contributed by atoms with Gasteiger partial charge in [0.1, 0.15) is 23.7 Å². The zero-order valence-corrected chi connectivity index (χ0v) is 17.6. The van der Waals surface area contributed by atoms with Gasteiger partial charge in [-0.1, -0.05) is 6.42 Å². The number of hydrogen-bond donors (Lipinski definition) is 0. The van der Waals surface area contributed by atoms with Gasteiger partial charge in [-0.15, -0.1) is 0 Å². The van der Waals surface area contributed by atoms with E-state index in [1.165, 1.54) is 23.5 Å². The molecule has 6 nitrogen and oxygen atoms in total. The number of rotatable bonds is 4. The Morgan fingerprint density at radius 3 is 2.52 bits per heavy atom. The van der Waals surface area contributed by atoms with Crippen LogP contribution >= 0.6 is 0 Å². The van der Waals surface area contributed by atoms with Gasteiger partial charge in [0.25, 0.3) is 0 Å². The molecule has 2 aliphatic rings. The van der Waals surface area contributed by atoms with Crippen LogP contribution in [0.3, 0.4) is 0 Å². The van der Waals surface area contributed by atoms with Crippen molar-refractivity contribution in [1.29, 1.82) is 0 Å². The Morgan fingerprint density at radius 2 is 1.86 bits per heavy atom. The summed E-state index contributed by atoms with van der Waals surface area (Å²) in [7, 11) is 0. The molecule has 3 rings (SSSR count). The average Bonchev–Trinajstić information content (AvgIpc) is 2.62. The van der Waals surface area contributed by atoms with Gasteiger partial charge in [-0.05, 0) is 64.2 Å². The average molecular weight is 406 g/mol. The fraction of sp³-hybridized carbons (Fsp3) is 0.636. The van der Waals surface area contributed by atoms with Crippen LogP contribution in [0.4, 0.5) is 9.18 Å². The predicted molar refractivity (Wildman–Crippen MR) is 107 cm³/mol. The molecule has 0 spiro atoms. The first kappa shape index (κ1) is 21.4. The van der Waals surface area contributed by atoms with Crippen LogP contribution in [0.25, 0.3) is 0 Å². The highest BCUT2D eigenvalue weighted by Crippen LogP contribution is 2.25. The maximum atomic E-state index is 14.1. The second kappa shape index (κ2) is 9.01. The minimum Gasteiger partial charge on any atom is -0.490 e. The van der Waals surface area contributed by atoms with E-state index in [4.69, 9.17) is 9.47 Å². The number of amides is 2. The maximum absolute atomic E-state index is 14.1. The van der Waals surface area contributed by atoms with E-state index in [2.05, 4.69) is 0 Å². The second-order valence-corrected chi connectivity index (χ2v) is 8.89. The molecule has 1 aromatic carbocycles. The summed E-state index contributed by atoms with van der Waals surface area (Å²) in [6.45, 7) is 6.41. The van der Waals surface area contributed by atoms with E-state index in [0.717, 1.165) is 25.7 Å². The third-order valence-corrected chi connectivity index (χ3v) is 5.13. The molecule has 0 aromatic heterocycles. The van der Waals surface area contributed by atoms with Crippen molar-refractivity contribution in [1.82, 2.24) is 9.80 Å². The third-order valence-electron chi connectivity index (χ3n) is 5.13. The largest absolute Gasteiger partial charge is 0.490 e. The molecular formula is C22H31FN2O4. The van der Waals surface area contributed by atoms with Gasteiger partial charge in [0.15, 0.2) is 0 Å². The number of carbonyl (C=O) groups excluding carboxylic acids is 2. The lowest BCUT2D eigenvalue weighted by Gasteiger charge is -2.35. The Bertz CT molecular complexity index is 741. The third kappa shape index (κ3) is 6.34. The van der Waals surface area contributed by atoms with Crippen LogP contribution in [0.15, 0.2) is 18.2 Å². The van der Waals surface area contributed by atoms with Crippen molar-refractivity contribution in [2.75, 3.05) is 19.6 Å². The van der Waals surface area contributed by atoms with Crippen LogP contribution in [-0.2, 0) is 16.1 Å². The van der Waals surface area contributed by atoms with Gasteiger partial charge in [-0.25, -0.2) is 9.18 Å². The zero-order valence-electron chi connectivity index (χ0n) is 17.6. The molecule has 2 amide bonds. The molecule has 1 aliphatic heterocycles. The Balaban J connectivity index is 1.59. The Kier molecular flexibility index (Phi) is 6.65. The van der Waals surface area contributed by atoms with E-state index in [0.29, 0.717) is 30.9 Å². The molecule has 0 radical (unpaired) electrons. The molecule has 7 heteroatoms. The van der Waals surface area contributed by atoms with Gasteiger partial charge >= 0.3 is 6.09 Å². The lowest BCUT2D eigenvalue weighted by molar-refractivity contribution is -0.136. The first-order valence-electron chi connectivity index (χ1n) is 10.4. The first-order chi connectivity index (χ1) is 13.7. The number of benzene rings is 1. The number of halogens is 1. The minimum atomic E-state index is -0.604. The van der Waals surface area contributed by atoms with Crippen LogP contribution in [0.5, 0.6) is 5.75 Å². The molecule has 1 saturated heterocycles. The summed E-state index contributed by atoms with van der Waals surface area (Å²) in [6, 6.07) is 4.65. The number of nitrogens with zero attached hydrogens (tertiary/aromatic N) is 2. The smallest absolute Gasteiger partial charge is 0.410 e. The molecule has 0 N–H and O–H groups in total. The highest BCUT2D eigenvalue weighted by atomic mass is 19.1. The molecule has 1 aromatic rings. The number of ether oxygens (including phenoxy) is 2. The maximum Gasteiger partial charge on any atom is 0.410 e. The predicted octanol–water partition coefficient (Wildman–Crippen LogP) is 4.12. The number of carbonyl (C=O) groups is 2. The lowest BCUT2D eigenvalue weighted by Crippen LogP contribution is -2.52. The molecule has 0 unspecified atom stereocenters. The normalized spacial score (nSPS) is 18.7. The summed E-state index contributed by atoms with van der Waals surface area (Å²) < 4.78 is 25.4. The van der Waals surface area contributed by atoms with Crippen molar-refractivity contribution in [3.63, 3.8) is 0 Å². The lowest BCUT2D eigenvalue weighted by atomic mass is 9.98. The van der Waals surface area contributed by atoms with E-state index in [1.54, 1.807) is 25.7 Å². The number of piperazine rings is 1. The van der Waals surface area contributed by atoms with Crippen LogP contribution < -0.4 is 4.74 Å². The summed E-state index contributed by atoms with van der Waals surface area (Å²) >= 11 is 0. The highest BCUT2D eigenvalue weighted by Gasteiger charge is 2.30. The van der Waals surface area contributed by atoms with Gasteiger partial charge < -0.3 is 14.4 Å². The van der Waals surface area contributed by atoms with Crippen LogP contribution in [-0.4, -0.2) is 53.1 Å². The van der Waals surface area contributed by atoms with Crippen LogP contribution in [0, 0.1) is 5.82 Å². The van der Waals surface area contributed by atoms with Gasteiger partial charge in [-0.2, -0.15) is 0 Å². The highest BCUT2D eigenvalue weighted by molar-refractivity contribution is 5.83. The molecule has 1 heterocycles. The Labute approximate surface area is 171 Å². The Morgan fingerprint density at radius 1 is 1.14 bits per heavy atom. The molecule has 160 valence electrons. The standard InChI is InChI=1S/C22H31FN2O4/c1-22(2,3)29-21(27)25-10-9-24(20(26)15-25)14-16-11-17(23)13-19(12-16)28-18-7-5-4-6-8-18/h11-13,18H,4-10,14-15H2,1-3H3. The van der Waals surface area contributed by atoms with E-state index in [9.17, 15) is 14.0 Å². The van der Waals surface area contributed by atoms with Gasteiger partial charge in [0.05, 0.1) is 6.10 Å². The van der Waals surface area contributed by atoms with Crippen LogP contribution in [0.1, 0.15) is 58.4 Å². The van der Waals surface area contributed by atoms with E-state index in [1.807, 2.05) is 6.07 Å². The first-order valence-corrected chi connectivity index (χ1v) is 10.4. The molecule has 1 saturated carbocycles. The van der Waals surface area contributed by atoms with Crippen LogP contribution in [0.2, 0.25) is 0 Å². The van der Waals surface area contributed by atoms with Crippen molar-refractivity contribution >= 4 is 12.0 Å². The van der Waals surface area contributed by atoms with Crippen molar-refractivity contribution < 1.29 is 23.5 Å². The van der Waals surface area contributed by atoms with Crippen molar-refractivity contribution in [3.8, 4) is 5.75 Å². The molecule has 0 atom stereocenters. The van der Waals surface area contributed by atoms with E-state index >= 15 is 0 Å². The zero-order chi connectivity index (χ0) is 21.0. The molecule has 0 bridgehead atoms. The SMILES string of the molecule is CC(C)(C)OC(=O)N1CCN(Cc2cc(F)cc(OC3CCCCC3)c2)C(=O)C1. The Hall–Kier alpha value is -2.31. The summed E-state index contributed by atoms with van der Waals surface area (Å²) in [5, 5.41) is 0. The van der Waals surface area contributed by atoms with Gasteiger partial charge in [-0.3, -0.25) is 9.69 Å². The second-order valence-electron chi connectivity index (χ2n) is 8.89. The fourth-order valence-electron chi connectivity index (χ4n) is 3.73. The quantitative estimate of drug-likeness (QED) is 0.755. The molecule has 1 aliphatic carbocycles. The summed E-state index contributed by atoms with van der Waals surface area (Å²) in [4.78, 5) is 27.7. The summed E-state index contributed by atoms with van der Waals surface area (Å²) in [5.41, 5.74) is 0.0861. The monoisotopic (exact) mass is 406 g/mol. The van der Waals surface area contributed by atoms with Gasteiger partial charge in [0, 0.05) is 25.7 Å². The van der Waals surface area contributed by atoms with Crippen molar-refractivity contribution in [2.45, 2.75) is 71.1 Å². The van der Waals surface area contributed by atoms with Crippen molar-refractivity contribution in [2.24, 2.45) is 0 Å². The summed E-state index contributed by atoms with van der Waals surface area (Å²) in [6.07, 6.45) is 5.16. The topological polar surface area (TPSA) is 59.1 Å². The minimum absolute atomic E-state index is 0.0321. The van der Waals surface area contributed by atoms with E-state index in [-0.39, 0.29) is 24.4 Å². The summed E-state index contributed by atoms with van der Waals surface area (Å²) in [5.74, 6) is -0.0268. The van der Waals surface area contributed by atoms with Crippen molar-refractivity contribution in [3.05, 3.63) is 29.6 Å². The van der Waals surface area contributed by atoms with E-state index < -0.39 is 11.7 Å². The fourth-order valence-corrected chi connectivity index (χ4v) is 3.73. The molecular weight excluding hydrogens is 375 g/mol. The van der Waals surface area contributed by atoms with Gasteiger partial charge in [0.2, 0.25) is 5.91 Å². The molecule has 2 fully saturated rings.